The minimum Gasteiger partial charge on any atom is -0.200 e. The van der Waals surface area contributed by atoms with E-state index in [2.05, 4.69) is 9.93 Å². The van der Waals surface area contributed by atoms with E-state index in [0.29, 0.717) is 16.9 Å². The van der Waals surface area contributed by atoms with Crippen LogP contribution < -0.4 is 4.83 Å². The van der Waals surface area contributed by atoms with Crippen LogP contribution in [0.3, 0.4) is 0 Å². The van der Waals surface area contributed by atoms with Crippen LogP contribution in [0.4, 0.5) is 0 Å². The summed E-state index contributed by atoms with van der Waals surface area (Å²) in [4.78, 5) is 2.52. The van der Waals surface area contributed by atoms with E-state index < -0.39 is 10.0 Å². The molecule has 19 heavy (non-hydrogen) atoms. The van der Waals surface area contributed by atoms with E-state index in [9.17, 15) is 8.42 Å². The fourth-order valence-corrected chi connectivity index (χ4v) is 3.91. The first kappa shape index (κ1) is 12.9. The van der Waals surface area contributed by atoms with Gasteiger partial charge in [-0.3, -0.25) is 0 Å². The molecule has 1 aromatic carbocycles. The second-order valence-electron chi connectivity index (χ2n) is 5.23. The molecule has 2 saturated carbocycles. The van der Waals surface area contributed by atoms with Crippen LogP contribution in [0.5, 0.6) is 0 Å². The van der Waals surface area contributed by atoms with Crippen LogP contribution in [-0.2, 0) is 10.0 Å². The number of rotatable bonds is 3. The largest absolute Gasteiger partial charge is 0.276 e. The Kier molecular flexibility index (Phi) is 3.27. The molecular formula is C13H15ClN2O2S. The van der Waals surface area contributed by atoms with Gasteiger partial charge in [-0.05, 0) is 61.8 Å². The van der Waals surface area contributed by atoms with Crippen LogP contribution in [-0.4, -0.2) is 14.1 Å². The van der Waals surface area contributed by atoms with Crippen LogP contribution in [0.25, 0.3) is 0 Å². The molecule has 0 radical (unpaired) electrons. The molecule has 1 aromatic rings. The fourth-order valence-electron chi connectivity index (χ4n) is 2.95. The smallest absolute Gasteiger partial charge is 0.200 e. The summed E-state index contributed by atoms with van der Waals surface area (Å²) in [6.07, 6.45) is 4.51. The predicted molar refractivity (Wildman–Crippen MR) is 74.7 cm³/mol. The Hall–Kier alpha value is -1.07. The number of benzene rings is 1. The Balaban J connectivity index is 1.75. The highest BCUT2D eigenvalue weighted by molar-refractivity contribution is 7.89. The van der Waals surface area contributed by atoms with Gasteiger partial charge in [0.25, 0.3) is 10.0 Å². The molecule has 0 aromatic heterocycles. The van der Waals surface area contributed by atoms with Crippen molar-refractivity contribution in [2.45, 2.75) is 30.6 Å². The van der Waals surface area contributed by atoms with E-state index in [1.54, 1.807) is 12.1 Å². The zero-order chi connectivity index (χ0) is 13.5. The lowest BCUT2D eigenvalue weighted by Crippen LogP contribution is -2.22. The molecule has 2 aliphatic carbocycles. The number of sulfonamides is 1. The Bertz CT molecular complexity index is 610. The third-order valence-corrected chi connectivity index (χ3v) is 5.42. The Morgan fingerprint density at radius 3 is 2.53 bits per heavy atom. The van der Waals surface area contributed by atoms with Crippen molar-refractivity contribution in [1.82, 2.24) is 4.83 Å². The lowest BCUT2D eigenvalue weighted by Gasteiger charge is -2.12. The average molecular weight is 299 g/mol. The number of fused-ring (bicyclic) bond motifs is 2. The van der Waals surface area contributed by atoms with E-state index >= 15 is 0 Å². The molecule has 0 heterocycles. The molecule has 1 N–H and O–H groups in total. The molecule has 0 amide bonds. The molecule has 6 heteroatoms. The zero-order valence-electron chi connectivity index (χ0n) is 10.3. The van der Waals surface area contributed by atoms with Gasteiger partial charge in [-0.15, -0.1) is 0 Å². The van der Waals surface area contributed by atoms with E-state index in [1.807, 2.05) is 0 Å². The fraction of sp³-hybridized carbons (Fsp3) is 0.462. The van der Waals surface area contributed by atoms with Crippen molar-refractivity contribution in [1.29, 1.82) is 0 Å². The molecule has 0 saturated heterocycles. The predicted octanol–water partition coefficient (Wildman–Crippen LogP) is 2.79. The highest BCUT2D eigenvalue weighted by atomic mass is 35.5. The summed E-state index contributed by atoms with van der Waals surface area (Å²) in [5.74, 6) is 1.20. The molecule has 2 unspecified atom stereocenters. The second kappa shape index (κ2) is 4.80. The van der Waals surface area contributed by atoms with Crippen molar-refractivity contribution in [2.24, 2.45) is 16.9 Å². The zero-order valence-corrected chi connectivity index (χ0v) is 11.9. The van der Waals surface area contributed by atoms with Crippen LogP contribution in [0.15, 0.2) is 34.3 Å². The number of nitrogens with zero attached hydrogens (tertiary/aromatic N) is 1. The van der Waals surface area contributed by atoms with E-state index in [4.69, 9.17) is 11.6 Å². The van der Waals surface area contributed by atoms with Crippen molar-refractivity contribution >= 4 is 27.3 Å². The first-order valence-corrected chi connectivity index (χ1v) is 8.24. The summed E-state index contributed by atoms with van der Waals surface area (Å²) in [7, 11) is -3.58. The first-order valence-electron chi connectivity index (χ1n) is 6.38. The third kappa shape index (κ3) is 2.62. The number of nitrogens with one attached hydrogen (secondary N) is 1. The minimum absolute atomic E-state index is 0.185. The van der Waals surface area contributed by atoms with Crippen molar-refractivity contribution in [3.63, 3.8) is 0 Å². The maximum atomic E-state index is 12.0. The molecule has 0 spiro atoms. The Morgan fingerprint density at radius 2 is 1.95 bits per heavy atom. The summed E-state index contributed by atoms with van der Waals surface area (Å²) < 4.78 is 24.1. The van der Waals surface area contributed by atoms with Gasteiger partial charge in [0.15, 0.2) is 0 Å². The maximum absolute atomic E-state index is 12.0. The highest BCUT2D eigenvalue weighted by Crippen LogP contribution is 2.42. The van der Waals surface area contributed by atoms with Crippen molar-refractivity contribution in [3.05, 3.63) is 29.3 Å². The van der Waals surface area contributed by atoms with Crippen LogP contribution in [0.1, 0.15) is 25.7 Å². The van der Waals surface area contributed by atoms with E-state index in [1.165, 1.54) is 25.0 Å². The van der Waals surface area contributed by atoms with Crippen LogP contribution >= 0.6 is 11.6 Å². The van der Waals surface area contributed by atoms with Crippen molar-refractivity contribution < 1.29 is 8.42 Å². The lowest BCUT2D eigenvalue weighted by atomic mass is 9.99. The van der Waals surface area contributed by atoms with Crippen LogP contribution in [0, 0.1) is 11.8 Å². The molecule has 4 nitrogen and oxygen atoms in total. The maximum Gasteiger partial charge on any atom is 0.276 e. The normalized spacial score (nSPS) is 27.9. The quantitative estimate of drug-likeness (QED) is 0.872. The van der Waals surface area contributed by atoms with Gasteiger partial charge in [0.05, 0.1) is 4.90 Å². The topological polar surface area (TPSA) is 58.5 Å². The van der Waals surface area contributed by atoms with Gasteiger partial charge in [-0.1, -0.05) is 11.6 Å². The standard InChI is InChI=1S/C13H15ClN2O2S/c14-11-3-5-12(6-4-11)19(17,18)16-15-13-8-9-1-2-10(13)7-9/h3-6,9-10,16H,1-2,7-8H2/b15-13-. The lowest BCUT2D eigenvalue weighted by molar-refractivity contribution is 0.579. The Morgan fingerprint density at radius 1 is 1.21 bits per heavy atom. The molecule has 3 rings (SSSR count). The minimum atomic E-state index is -3.58. The molecule has 0 aliphatic heterocycles. The molecule has 2 aliphatic rings. The number of hydrogen-bond donors (Lipinski definition) is 1. The Labute approximate surface area is 117 Å². The van der Waals surface area contributed by atoms with E-state index in [-0.39, 0.29) is 4.90 Å². The summed E-state index contributed by atoms with van der Waals surface area (Å²) in [6, 6.07) is 6.07. The van der Waals surface area contributed by atoms with Gasteiger partial charge in [0, 0.05) is 10.7 Å². The molecule has 2 atom stereocenters. The van der Waals surface area contributed by atoms with Crippen LogP contribution in [0.2, 0.25) is 5.02 Å². The highest BCUT2D eigenvalue weighted by Gasteiger charge is 2.36. The monoisotopic (exact) mass is 298 g/mol. The number of hydrazone groups is 1. The van der Waals surface area contributed by atoms with Gasteiger partial charge in [-0.2, -0.15) is 13.5 Å². The molecule has 2 fully saturated rings. The van der Waals surface area contributed by atoms with Crippen molar-refractivity contribution in [2.75, 3.05) is 0 Å². The molecule has 102 valence electrons. The van der Waals surface area contributed by atoms with Crippen molar-refractivity contribution in [3.8, 4) is 0 Å². The summed E-state index contributed by atoms with van der Waals surface area (Å²) in [6.45, 7) is 0. The van der Waals surface area contributed by atoms with E-state index in [0.717, 1.165) is 18.6 Å². The average Bonchev–Trinajstić information content (AvgIpc) is 2.99. The van der Waals surface area contributed by atoms with Gasteiger partial charge < -0.3 is 0 Å². The SMILES string of the molecule is O=S(=O)(N/N=C1/CC2CCC1C2)c1ccc(Cl)cc1. The van der Waals surface area contributed by atoms with Gasteiger partial charge in [0.1, 0.15) is 0 Å². The summed E-state index contributed by atoms with van der Waals surface area (Å²) in [5.41, 5.74) is 1.01. The summed E-state index contributed by atoms with van der Waals surface area (Å²) in [5, 5.41) is 4.63. The van der Waals surface area contributed by atoms with Gasteiger partial charge >= 0.3 is 0 Å². The third-order valence-electron chi connectivity index (χ3n) is 3.94. The van der Waals surface area contributed by atoms with Gasteiger partial charge in [-0.25, -0.2) is 4.83 Å². The van der Waals surface area contributed by atoms with Gasteiger partial charge in [0.2, 0.25) is 0 Å². The number of hydrogen-bond acceptors (Lipinski definition) is 3. The first-order chi connectivity index (χ1) is 9.04. The molecular weight excluding hydrogens is 284 g/mol. The second-order valence-corrected chi connectivity index (χ2v) is 7.33. The molecule has 2 bridgehead atoms. The summed E-state index contributed by atoms with van der Waals surface area (Å²) >= 11 is 5.74. The number of halogens is 1.